The van der Waals surface area contributed by atoms with Crippen LogP contribution in [0.15, 0.2) is 29.2 Å². The maximum absolute atomic E-state index is 13.8. The Labute approximate surface area is 171 Å². The normalized spacial score (nSPS) is 20.5. The van der Waals surface area contributed by atoms with Crippen LogP contribution in [-0.4, -0.2) is 40.2 Å². The van der Waals surface area contributed by atoms with E-state index in [2.05, 4.69) is 5.32 Å². The molecule has 2 amide bonds. The van der Waals surface area contributed by atoms with Gasteiger partial charge in [0.05, 0.1) is 13.2 Å². The molecule has 1 aromatic carbocycles. The fraction of sp³-hybridized carbons (Fsp3) is 0.381. The van der Waals surface area contributed by atoms with Crippen LogP contribution < -0.4 is 10.7 Å². The van der Waals surface area contributed by atoms with Gasteiger partial charge in [-0.2, -0.15) is 0 Å². The molecule has 2 aromatic rings. The third-order valence-electron chi connectivity index (χ3n) is 5.63. The first-order valence-corrected chi connectivity index (χ1v) is 9.68. The number of benzene rings is 1. The van der Waals surface area contributed by atoms with Gasteiger partial charge in [0.15, 0.2) is 11.7 Å². The molecule has 3 heterocycles. The average Bonchev–Trinajstić information content (AvgIpc) is 2.69. The molecule has 0 saturated carbocycles. The number of nitrogens with one attached hydrogen (secondary N) is 1. The number of carbonyl (C=O) groups is 2. The fourth-order valence-electron chi connectivity index (χ4n) is 3.97. The Hall–Kier alpha value is -3.07. The van der Waals surface area contributed by atoms with Crippen molar-refractivity contribution in [3.8, 4) is 0 Å². The van der Waals surface area contributed by atoms with Gasteiger partial charge in [-0.3, -0.25) is 14.4 Å². The van der Waals surface area contributed by atoms with E-state index in [1.54, 1.807) is 9.47 Å². The molecule has 0 bridgehead atoms. The number of nitrogens with zero attached hydrogens (tertiary/aromatic N) is 2. The van der Waals surface area contributed by atoms with Gasteiger partial charge in [0, 0.05) is 36.0 Å². The molecule has 0 radical (unpaired) electrons. The minimum Gasteiger partial charge on any atom is -0.356 e. The molecule has 1 saturated heterocycles. The molecule has 1 N–H and O–H groups in total. The molecule has 9 heteroatoms. The van der Waals surface area contributed by atoms with Gasteiger partial charge < -0.3 is 19.5 Å². The van der Waals surface area contributed by atoms with E-state index in [4.69, 9.17) is 4.74 Å². The average molecular weight is 417 g/mol. The summed E-state index contributed by atoms with van der Waals surface area (Å²) >= 11 is 0. The van der Waals surface area contributed by atoms with Crippen LogP contribution in [0.25, 0.3) is 0 Å². The number of hydrogen-bond acceptors (Lipinski definition) is 4. The second-order valence-corrected chi connectivity index (χ2v) is 7.59. The van der Waals surface area contributed by atoms with E-state index >= 15 is 0 Å². The second kappa shape index (κ2) is 7.64. The topological polar surface area (TPSA) is 80.6 Å². The Morgan fingerprint density at radius 2 is 2.07 bits per heavy atom. The molecule has 1 aromatic heterocycles. The monoisotopic (exact) mass is 417 g/mol. The summed E-state index contributed by atoms with van der Waals surface area (Å²) in [6, 6.07) is 3.03. The zero-order valence-corrected chi connectivity index (χ0v) is 16.6. The Bertz CT molecular complexity index is 1100. The highest BCUT2D eigenvalue weighted by Crippen LogP contribution is 2.27. The van der Waals surface area contributed by atoms with Gasteiger partial charge in [0.2, 0.25) is 0 Å². The predicted molar refractivity (Wildman–Crippen MR) is 103 cm³/mol. The SMILES string of the molecule is Cc1c2n(cc(C(=O)NCc3ccc(F)cc3F)c1=O)CC1OCCC(C)N1C2=O. The number of halogens is 2. The third kappa shape index (κ3) is 3.39. The van der Waals surface area contributed by atoms with Crippen molar-refractivity contribution in [3.63, 3.8) is 0 Å². The van der Waals surface area contributed by atoms with E-state index in [1.807, 2.05) is 6.92 Å². The third-order valence-corrected chi connectivity index (χ3v) is 5.63. The zero-order chi connectivity index (χ0) is 21.6. The molecule has 7 nitrogen and oxygen atoms in total. The molecular weight excluding hydrogens is 396 g/mol. The molecule has 2 aliphatic rings. The fourth-order valence-corrected chi connectivity index (χ4v) is 3.97. The highest BCUT2D eigenvalue weighted by molar-refractivity contribution is 5.98. The van der Waals surface area contributed by atoms with Gasteiger partial charge in [-0.1, -0.05) is 6.07 Å². The number of rotatable bonds is 3. The molecular formula is C21H21F2N3O4. The first-order valence-electron chi connectivity index (χ1n) is 9.68. The van der Waals surface area contributed by atoms with Crippen LogP contribution in [0.4, 0.5) is 8.78 Å². The smallest absolute Gasteiger partial charge is 0.273 e. The highest BCUT2D eigenvalue weighted by atomic mass is 19.1. The van der Waals surface area contributed by atoms with Crippen LogP contribution in [0, 0.1) is 18.6 Å². The second-order valence-electron chi connectivity index (χ2n) is 7.59. The van der Waals surface area contributed by atoms with Crippen molar-refractivity contribution in [1.29, 1.82) is 0 Å². The molecule has 158 valence electrons. The van der Waals surface area contributed by atoms with Crippen molar-refractivity contribution in [2.75, 3.05) is 6.61 Å². The van der Waals surface area contributed by atoms with Gasteiger partial charge in [-0.15, -0.1) is 0 Å². The Kier molecular flexibility index (Phi) is 5.15. The summed E-state index contributed by atoms with van der Waals surface area (Å²) in [6.45, 7) is 4.08. The largest absolute Gasteiger partial charge is 0.356 e. The number of amides is 2. The van der Waals surface area contributed by atoms with Gasteiger partial charge in [-0.25, -0.2) is 8.78 Å². The number of fused-ring (bicyclic) bond motifs is 2. The molecule has 0 aliphatic carbocycles. The van der Waals surface area contributed by atoms with Crippen molar-refractivity contribution >= 4 is 11.8 Å². The molecule has 1 fully saturated rings. The summed E-state index contributed by atoms with van der Waals surface area (Å²) in [5.74, 6) is -2.50. The lowest BCUT2D eigenvalue weighted by Crippen LogP contribution is -2.57. The van der Waals surface area contributed by atoms with Crippen LogP contribution in [0.2, 0.25) is 0 Å². The zero-order valence-electron chi connectivity index (χ0n) is 16.6. The first-order chi connectivity index (χ1) is 14.3. The van der Waals surface area contributed by atoms with Crippen molar-refractivity contribution in [2.24, 2.45) is 0 Å². The van der Waals surface area contributed by atoms with Crippen molar-refractivity contribution < 1.29 is 23.1 Å². The summed E-state index contributed by atoms with van der Waals surface area (Å²) in [5, 5.41) is 2.48. The van der Waals surface area contributed by atoms with E-state index in [0.29, 0.717) is 19.6 Å². The van der Waals surface area contributed by atoms with Gasteiger partial charge in [0.25, 0.3) is 11.8 Å². The van der Waals surface area contributed by atoms with E-state index in [9.17, 15) is 23.2 Å². The van der Waals surface area contributed by atoms with Gasteiger partial charge >= 0.3 is 0 Å². The maximum Gasteiger partial charge on any atom is 0.273 e. The minimum atomic E-state index is -0.789. The minimum absolute atomic E-state index is 0.00640. The first kappa shape index (κ1) is 20.2. The lowest BCUT2D eigenvalue weighted by atomic mass is 10.0. The lowest BCUT2D eigenvalue weighted by molar-refractivity contribution is -0.112. The molecule has 4 rings (SSSR count). The van der Waals surface area contributed by atoms with Crippen LogP contribution in [0.1, 0.15) is 45.3 Å². The van der Waals surface area contributed by atoms with Crippen LogP contribution >= 0.6 is 0 Å². The van der Waals surface area contributed by atoms with Gasteiger partial charge in [-0.05, 0) is 26.3 Å². The molecule has 30 heavy (non-hydrogen) atoms. The van der Waals surface area contributed by atoms with E-state index in [1.165, 1.54) is 19.2 Å². The molecule has 0 spiro atoms. The van der Waals surface area contributed by atoms with E-state index < -0.39 is 29.2 Å². The summed E-state index contributed by atoms with van der Waals surface area (Å²) in [5.41, 5.74) is -0.193. The Morgan fingerprint density at radius 3 is 2.80 bits per heavy atom. The van der Waals surface area contributed by atoms with E-state index in [-0.39, 0.29) is 40.9 Å². The number of ether oxygens (including phenoxy) is 1. The Morgan fingerprint density at radius 1 is 1.30 bits per heavy atom. The van der Waals surface area contributed by atoms with Crippen molar-refractivity contribution in [2.45, 2.75) is 45.6 Å². The molecule has 2 aliphatic heterocycles. The Balaban J connectivity index is 1.63. The molecule has 2 unspecified atom stereocenters. The van der Waals surface area contributed by atoms with Crippen LogP contribution in [-0.2, 0) is 17.8 Å². The number of pyridine rings is 1. The number of carbonyl (C=O) groups excluding carboxylic acids is 2. The summed E-state index contributed by atoms with van der Waals surface area (Å²) in [4.78, 5) is 40.1. The summed E-state index contributed by atoms with van der Waals surface area (Å²) in [6.07, 6.45) is 1.60. The van der Waals surface area contributed by atoms with Gasteiger partial charge in [0.1, 0.15) is 22.9 Å². The molecule has 2 atom stereocenters. The predicted octanol–water partition coefficient (Wildman–Crippen LogP) is 1.96. The van der Waals surface area contributed by atoms with Crippen molar-refractivity contribution in [3.05, 3.63) is 68.6 Å². The standard InChI is InChI=1S/C21H21F2N3O4/c1-11-5-6-30-17-10-25-9-15(19(27)12(2)18(25)21(29)26(11)17)20(28)24-8-13-3-4-14(22)7-16(13)23/h3-4,7,9,11,17H,5-6,8,10H2,1-2H3,(H,24,28). The highest BCUT2D eigenvalue weighted by Gasteiger charge is 2.40. The maximum atomic E-state index is 13.8. The van der Waals surface area contributed by atoms with Crippen LogP contribution in [0.5, 0.6) is 0 Å². The van der Waals surface area contributed by atoms with Crippen molar-refractivity contribution in [1.82, 2.24) is 14.8 Å². The van der Waals surface area contributed by atoms with E-state index in [0.717, 1.165) is 12.1 Å². The number of aromatic nitrogens is 1. The number of hydrogen-bond donors (Lipinski definition) is 1. The lowest BCUT2D eigenvalue weighted by Gasteiger charge is -2.44. The van der Waals surface area contributed by atoms with Crippen LogP contribution in [0.3, 0.4) is 0 Å². The summed E-state index contributed by atoms with van der Waals surface area (Å²) < 4.78 is 34.1. The summed E-state index contributed by atoms with van der Waals surface area (Å²) in [7, 11) is 0. The quantitative estimate of drug-likeness (QED) is 0.828.